The second kappa shape index (κ2) is 9.84. The third-order valence-corrected chi connectivity index (χ3v) is 6.55. The lowest BCUT2D eigenvalue weighted by atomic mass is 10.1. The van der Waals surface area contributed by atoms with Gasteiger partial charge in [-0.15, -0.1) is 0 Å². The quantitative estimate of drug-likeness (QED) is 0.618. The molecule has 2 aliphatic rings. The number of nitrogens with one attached hydrogen (secondary N) is 1. The molecule has 1 N–H and O–H groups in total. The third-order valence-electron chi connectivity index (χ3n) is 6.55. The number of carbonyl (C=O) groups is 1. The molecule has 5 heterocycles. The van der Waals surface area contributed by atoms with E-state index in [1.165, 1.54) is 5.56 Å². The van der Waals surface area contributed by atoms with Gasteiger partial charge in [0.2, 0.25) is 0 Å². The van der Waals surface area contributed by atoms with E-state index < -0.39 is 0 Å². The highest BCUT2D eigenvalue weighted by atomic mass is 16.5. The van der Waals surface area contributed by atoms with Crippen LogP contribution in [0.3, 0.4) is 0 Å². The number of aryl methyl sites for hydroxylation is 1. The van der Waals surface area contributed by atoms with Gasteiger partial charge in [0.05, 0.1) is 17.3 Å². The third kappa shape index (κ3) is 4.69. The number of rotatable bonds is 6. The molecule has 3 aromatic rings. The lowest BCUT2D eigenvalue weighted by Gasteiger charge is -2.35. The van der Waals surface area contributed by atoms with Gasteiger partial charge < -0.3 is 15.0 Å². The molecular weight excluding hydrogens is 418 g/mol. The first-order chi connectivity index (χ1) is 16.2. The van der Waals surface area contributed by atoms with Gasteiger partial charge in [0.1, 0.15) is 5.69 Å². The van der Waals surface area contributed by atoms with Crippen LogP contribution in [0.5, 0.6) is 0 Å². The van der Waals surface area contributed by atoms with Gasteiger partial charge in [-0.1, -0.05) is 6.07 Å². The highest BCUT2D eigenvalue weighted by Gasteiger charge is 2.25. The van der Waals surface area contributed by atoms with E-state index in [0.29, 0.717) is 24.8 Å². The van der Waals surface area contributed by atoms with E-state index >= 15 is 0 Å². The van der Waals surface area contributed by atoms with Crippen molar-refractivity contribution in [3.05, 3.63) is 48.0 Å². The molecule has 0 aliphatic carbocycles. The molecule has 2 fully saturated rings. The van der Waals surface area contributed by atoms with Crippen molar-refractivity contribution in [2.45, 2.75) is 38.9 Å². The Labute approximate surface area is 193 Å². The van der Waals surface area contributed by atoms with Crippen molar-refractivity contribution in [3.8, 4) is 0 Å². The topological polar surface area (TPSA) is 88.4 Å². The Kier molecular flexibility index (Phi) is 6.50. The van der Waals surface area contributed by atoms with Crippen molar-refractivity contribution in [2.75, 3.05) is 44.7 Å². The number of carbonyl (C=O) groups excluding carboxylic acids is 1. The molecule has 2 aliphatic heterocycles. The van der Waals surface area contributed by atoms with Crippen LogP contribution >= 0.6 is 0 Å². The molecule has 0 atom stereocenters. The van der Waals surface area contributed by atoms with Gasteiger partial charge >= 0.3 is 0 Å². The molecule has 0 spiro atoms. The Morgan fingerprint density at radius 1 is 1.12 bits per heavy atom. The van der Waals surface area contributed by atoms with Crippen LogP contribution in [-0.4, -0.2) is 80.9 Å². The first-order valence-corrected chi connectivity index (χ1v) is 11.8. The number of hydrogen-bond donors (Lipinski definition) is 1. The zero-order valence-electron chi connectivity index (χ0n) is 19.1. The van der Waals surface area contributed by atoms with E-state index in [2.05, 4.69) is 27.2 Å². The van der Waals surface area contributed by atoms with Crippen LogP contribution in [0.15, 0.2) is 36.8 Å². The average Bonchev–Trinajstić information content (AvgIpc) is 3.30. The molecule has 0 bridgehead atoms. The van der Waals surface area contributed by atoms with E-state index in [-0.39, 0.29) is 5.91 Å². The number of piperazine rings is 1. The van der Waals surface area contributed by atoms with Gasteiger partial charge in [-0.05, 0) is 31.9 Å². The van der Waals surface area contributed by atoms with Gasteiger partial charge in [-0.25, -0.2) is 9.67 Å². The highest BCUT2D eigenvalue weighted by molar-refractivity contribution is 5.92. The van der Waals surface area contributed by atoms with Crippen LogP contribution in [0.25, 0.3) is 11.0 Å². The minimum Gasteiger partial charge on any atom is -0.381 e. The standard InChI is InChI=1S/C24H31N7O2/c1-2-31-23-20(16-27-31)22(28-19-6-13-33-14-7-19)18(15-26-23)17-29-9-11-30(12-10-29)24(32)21-5-3-4-8-25-21/h3-5,8,15-16,19H,2,6-7,9-14,17H2,1H3,(H,26,28). The van der Waals surface area contributed by atoms with Gasteiger partial charge in [0, 0.05) is 76.5 Å². The molecule has 0 unspecified atom stereocenters. The predicted molar refractivity (Wildman–Crippen MR) is 126 cm³/mol. The van der Waals surface area contributed by atoms with Crippen LogP contribution < -0.4 is 5.32 Å². The second-order valence-electron chi connectivity index (χ2n) is 8.67. The minimum atomic E-state index is 0.00666. The van der Waals surface area contributed by atoms with Crippen molar-refractivity contribution in [2.24, 2.45) is 0 Å². The Balaban J connectivity index is 1.31. The summed E-state index contributed by atoms with van der Waals surface area (Å²) in [5.74, 6) is 0.00666. The highest BCUT2D eigenvalue weighted by Crippen LogP contribution is 2.29. The second-order valence-corrected chi connectivity index (χ2v) is 8.67. The predicted octanol–water partition coefficient (Wildman–Crippen LogP) is 2.40. The molecule has 0 saturated carbocycles. The summed E-state index contributed by atoms with van der Waals surface area (Å²) < 4.78 is 7.49. The van der Waals surface area contributed by atoms with Crippen LogP contribution in [0.4, 0.5) is 5.69 Å². The van der Waals surface area contributed by atoms with Crippen molar-refractivity contribution >= 4 is 22.6 Å². The molecule has 0 aromatic carbocycles. The smallest absolute Gasteiger partial charge is 0.272 e. The Hall–Kier alpha value is -3.04. The number of nitrogens with zero attached hydrogens (tertiary/aromatic N) is 6. The van der Waals surface area contributed by atoms with Crippen LogP contribution in [0.1, 0.15) is 35.8 Å². The van der Waals surface area contributed by atoms with E-state index in [9.17, 15) is 4.79 Å². The Bertz CT molecular complexity index is 1090. The van der Waals surface area contributed by atoms with E-state index in [4.69, 9.17) is 9.72 Å². The molecule has 174 valence electrons. The normalized spacial score (nSPS) is 18.0. The summed E-state index contributed by atoms with van der Waals surface area (Å²) in [6.45, 7) is 8.28. The molecular formula is C24H31N7O2. The Morgan fingerprint density at radius 2 is 1.94 bits per heavy atom. The maximum absolute atomic E-state index is 12.7. The zero-order chi connectivity index (χ0) is 22.6. The number of amides is 1. The number of fused-ring (bicyclic) bond motifs is 1. The first-order valence-electron chi connectivity index (χ1n) is 11.8. The van der Waals surface area contributed by atoms with Gasteiger partial charge in [-0.2, -0.15) is 5.10 Å². The molecule has 3 aromatic heterocycles. The molecule has 33 heavy (non-hydrogen) atoms. The fourth-order valence-electron chi connectivity index (χ4n) is 4.64. The summed E-state index contributed by atoms with van der Waals surface area (Å²) in [5, 5.41) is 9.41. The maximum Gasteiger partial charge on any atom is 0.272 e. The molecule has 5 rings (SSSR count). The van der Waals surface area contributed by atoms with Gasteiger partial charge in [0.15, 0.2) is 5.65 Å². The number of pyridine rings is 2. The molecule has 2 saturated heterocycles. The average molecular weight is 450 g/mol. The van der Waals surface area contributed by atoms with Crippen LogP contribution in [-0.2, 0) is 17.8 Å². The van der Waals surface area contributed by atoms with Crippen LogP contribution in [0, 0.1) is 0 Å². The number of ether oxygens (including phenoxy) is 1. The maximum atomic E-state index is 12.7. The number of aromatic nitrogens is 4. The number of hydrogen-bond acceptors (Lipinski definition) is 7. The monoisotopic (exact) mass is 449 g/mol. The van der Waals surface area contributed by atoms with E-state index in [1.807, 2.05) is 34.1 Å². The minimum absolute atomic E-state index is 0.00666. The van der Waals surface area contributed by atoms with Crippen molar-refractivity contribution in [1.82, 2.24) is 29.5 Å². The van der Waals surface area contributed by atoms with Crippen molar-refractivity contribution in [1.29, 1.82) is 0 Å². The van der Waals surface area contributed by atoms with E-state index in [1.54, 1.807) is 12.3 Å². The summed E-state index contributed by atoms with van der Waals surface area (Å²) in [6, 6.07) is 5.85. The zero-order valence-corrected chi connectivity index (χ0v) is 19.1. The molecule has 1 amide bonds. The fraction of sp³-hybridized carbons (Fsp3) is 0.500. The number of anilines is 1. The Morgan fingerprint density at radius 3 is 2.67 bits per heavy atom. The lowest BCUT2D eigenvalue weighted by molar-refractivity contribution is 0.0622. The summed E-state index contributed by atoms with van der Waals surface area (Å²) in [4.78, 5) is 26.0. The molecule has 0 radical (unpaired) electrons. The summed E-state index contributed by atoms with van der Waals surface area (Å²) in [6.07, 6.45) is 7.59. The largest absolute Gasteiger partial charge is 0.381 e. The summed E-state index contributed by atoms with van der Waals surface area (Å²) in [5.41, 5.74) is 3.74. The van der Waals surface area contributed by atoms with Crippen molar-refractivity contribution in [3.63, 3.8) is 0 Å². The lowest BCUT2D eigenvalue weighted by Crippen LogP contribution is -2.48. The molecule has 9 nitrogen and oxygen atoms in total. The van der Waals surface area contributed by atoms with Gasteiger partial charge in [-0.3, -0.25) is 14.7 Å². The SMILES string of the molecule is CCn1ncc2c(NC3CCOCC3)c(CN3CCN(C(=O)c4ccccn4)CC3)cnc21. The first kappa shape index (κ1) is 21.8. The summed E-state index contributed by atoms with van der Waals surface area (Å²) in [7, 11) is 0. The fourth-order valence-corrected chi connectivity index (χ4v) is 4.64. The van der Waals surface area contributed by atoms with E-state index in [0.717, 1.165) is 69.0 Å². The van der Waals surface area contributed by atoms with Crippen molar-refractivity contribution < 1.29 is 9.53 Å². The molecule has 9 heteroatoms. The van der Waals surface area contributed by atoms with Crippen LogP contribution in [0.2, 0.25) is 0 Å². The summed E-state index contributed by atoms with van der Waals surface area (Å²) >= 11 is 0. The van der Waals surface area contributed by atoms with Gasteiger partial charge in [0.25, 0.3) is 5.91 Å².